The molecule has 0 unspecified atom stereocenters. The molecule has 2 N–H and O–H groups in total. The lowest BCUT2D eigenvalue weighted by Crippen LogP contribution is -1.90. The average molecular weight is 133 g/mol. The number of hydrogen-bond acceptors (Lipinski definition) is 1. The van der Waals surface area contributed by atoms with Crippen LogP contribution in [0, 0.1) is 0 Å². The second kappa shape index (κ2) is 3.72. The summed E-state index contributed by atoms with van der Waals surface area (Å²) in [5.74, 6) is 0. The molecule has 0 aromatic rings. The van der Waals surface area contributed by atoms with Crippen LogP contribution in [0.5, 0.6) is 0 Å². The van der Waals surface area contributed by atoms with Gasteiger partial charge >= 0.3 is 0 Å². The molecule has 0 aromatic carbocycles. The lowest BCUT2D eigenvalue weighted by molar-refractivity contribution is 1.35. The van der Waals surface area contributed by atoms with Gasteiger partial charge in [0.25, 0.3) is 0 Å². The molecule has 0 aromatic heterocycles. The Hall–Kier alpha value is -1.24. The monoisotopic (exact) mass is 133 g/mol. The van der Waals surface area contributed by atoms with Gasteiger partial charge < -0.3 is 5.73 Å². The molecule has 0 bridgehead atoms. The van der Waals surface area contributed by atoms with Crippen LogP contribution in [0.15, 0.2) is 48.2 Å². The van der Waals surface area contributed by atoms with Crippen molar-refractivity contribution in [1.82, 2.24) is 0 Å². The Morgan fingerprint density at radius 3 is 2.90 bits per heavy atom. The third-order valence-corrected chi connectivity index (χ3v) is 1.23. The van der Waals surface area contributed by atoms with Crippen molar-refractivity contribution >= 4 is 0 Å². The lowest BCUT2D eigenvalue weighted by atomic mass is 10.3. The van der Waals surface area contributed by atoms with Crippen LogP contribution in [0.1, 0.15) is 6.42 Å². The summed E-state index contributed by atoms with van der Waals surface area (Å²) in [5, 5.41) is 0. The predicted octanol–water partition coefficient (Wildman–Crippen LogP) is 1.90. The van der Waals surface area contributed by atoms with Crippen molar-refractivity contribution in [1.29, 1.82) is 0 Å². The van der Waals surface area contributed by atoms with E-state index in [1.807, 2.05) is 36.5 Å². The van der Waals surface area contributed by atoms with Crippen LogP contribution in [0.4, 0.5) is 0 Å². The van der Waals surface area contributed by atoms with E-state index in [1.54, 1.807) is 0 Å². The van der Waals surface area contributed by atoms with E-state index in [1.165, 1.54) is 0 Å². The molecule has 1 aliphatic carbocycles. The van der Waals surface area contributed by atoms with Gasteiger partial charge in [0.1, 0.15) is 0 Å². The van der Waals surface area contributed by atoms with Gasteiger partial charge in [-0.05, 0) is 18.6 Å². The Balaban J connectivity index is 2.72. The third kappa shape index (κ3) is 2.35. The van der Waals surface area contributed by atoms with Crippen LogP contribution >= 0.6 is 0 Å². The van der Waals surface area contributed by atoms with Crippen molar-refractivity contribution in [2.24, 2.45) is 5.73 Å². The first kappa shape index (κ1) is 6.87. The smallest absolute Gasteiger partial charge is 0.0310 e. The SMILES string of the molecule is N/C1=C/C=C\C=C/CC=C1. The fourth-order valence-electron chi connectivity index (χ4n) is 0.726. The number of allylic oxidation sites excluding steroid dienone is 7. The summed E-state index contributed by atoms with van der Waals surface area (Å²) in [4.78, 5) is 0. The van der Waals surface area contributed by atoms with E-state index >= 15 is 0 Å². The standard InChI is InChI=1S/C9H11N/c10-9-7-5-3-1-2-4-6-8-9/h1-3,5-8H,4,10H2/b2-1-,5-3-,8-6?,9-7+. The predicted molar refractivity (Wildman–Crippen MR) is 44.3 cm³/mol. The highest BCUT2D eigenvalue weighted by molar-refractivity contribution is 5.24. The minimum atomic E-state index is 0.806. The first-order valence-corrected chi connectivity index (χ1v) is 3.35. The highest BCUT2D eigenvalue weighted by atomic mass is 14.5. The first-order chi connectivity index (χ1) is 4.89. The molecule has 0 atom stereocenters. The summed E-state index contributed by atoms with van der Waals surface area (Å²) < 4.78 is 0. The van der Waals surface area contributed by atoms with Crippen molar-refractivity contribution in [2.45, 2.75) is 6.42 Å². The van der Waals surface area contributed by atoms with Gasteiger partial charge in [0, 0.05) is 5.70 Å². The van der Waals surface area contributed by atoms with Crippen LogP contribution in [-0.4, -0.2) is 0 Å². The van der Waals surface area contributed by atoms with E-state index in [-0.39, 0.29) is 0 Å². The zero-order valence-corrected chi connectivity index (χ0v) is 5.83. The van der Waals surface area contributed by atoms with Gasteiger partial charge in [-0.25, -0.2) is 0 Å². The van der Waals surface area contributed by atoms with Crippen LogP contribution in [0.2, 0.25) is 0 Å². The molecule has 0 saturated carbocycles. The van der Waals surface area contributed by atoms with Crippen LogP contribution < -0.4 is 5.73 Å². The van der Waals surface area contributed by atoms with Gasteiger partial charge in [-0.2, -0.15) is 0 Å². The quantitative estimate of drug-likeness (QED) is 0.536. The zero-order chi connectivity index (χ0) is 7.23. The van der Waals surface area contributed by atoms with E-state index in [9.17, 15) is 0 Å². The Bertz CT molecular complexity index is 207. The maximum Gasteiger partial charge on any atom is 0.0310 e. The van der Waals surface area contributed by atoms with Crippen molar-refractivity contribution in [3.05, 3.63) is 48.2 Å². The Labute approximate surface area is 61.2 Å². The molecule has 0 saturated heterocycles. The Kier molecular flexibility index (Phi) is 2.56. The normalized spacial score (nSPS) is 29.0. The Morgan fingerprint density at radius 1 is 1.10 bits per heavy atom. The van der Waals surface area contributed by atoms with E-state index in [0.29, 0.717) is 0 Å². The molecule has 52 valence electrons. The van der Waals surface area contributed by atoms with Crippen molar-refractivity contribution in [3.8, 4) is 0 Å². The van der Waals surface area contributed by atoms with Gasteiger partial charge in [0.15, 0.2) is 0 Å². The number of rotatable bonds is 0. The topological polar surface area (TPSA) is 26.0 Å². The molecule has 10 heavy (non-hydrogen) atoms. The summed E-state index contributed by atoms with van der Waals surface area (Å²) in [6.07, 6.45) is 14.8. The van der Waals surface area contributed by atoms with E-state index in [4.69, 9.17) is 5.73 Å². The summed E-state index contributed by atoms with van der Waals surface area (Å²) in [6.45, 7) is 0. The van der Waals surface area contributed by atoms with Gasteiger partial charge in [0.2, 0.25) is 0 Å². The zero-order valence-electron chi connectivity index (χ0n) is 5.83. The summed E-state index contributed by atoms with van der Waals surface area (Å²) in [7, 11) is 0. The maximum atomic E-state index is 5.57. The van der Waals surface area contributed by atoms with Gasteiger partial charge in [0.05, 0.1) is 0 Å². The van der Waals surface area contributed by atoms with Crippen molar-refractivity contribution < 1.29 is 0 Å². The molecule has 1 rings (SSSR count). The third-order valence-electron chi connectivity index (χ3n) is 1.23. The summed E-state index contributed by atoms with van der Waals surface area (Å²) in [6, 6.07) is 0. The Morgan fingerprint density at radius 2 is 2.00 bits per heavy atom. The van der Waals surface area contributed by atoms with Gasteiger partial charge in [-0.1, -0.05) is 30.4 Å². The van der Waals surface area contributed by atoms with Crippen LogP contribution in [0.25, 0.3) is 0 Å². The largest absolute Gasteiger partial charge is 0.399 e. The van der Waals surface area contributed by atoms with E-state index in [0.717, 1.165) is 12.1 Å². The highest BCUT2D eigenvalue weighted by Crippen LogP contribution is 1.95. The molecule has 0 spiro atoms. The molecule has 1 aliphatic rings. The minimum absolute atomic E-state index is 0.806. The fraction of sp³-hybridized carbons (Fsp3) is 0.111. The lowest BCUT2D eigenvalue weighted by Gasteiger charge is -1.85. The molecule has 1 heteroatoms. The highest BCUT2D eigenvalue weighted by Gasteiger charge is 1.79. The summed E-state index contributed by atoms with van der Waals surface area (Å²) >= 11 is 0. The molecular weight excluding hydrogens is 122 g/mol. The minimum Gasteiger partial charge on any atom is -0.399 e. The summed E-state index contributed by atoms with van der Waals surface area (Å²) in [5.41, 5.74) is 6.37. The molecule has 0 heterocycles. The number of nitrogens with two attached hydrogens (primary N) is 1. The molecule has 0 amide bonds. The molecule has 0 radical (unpaired) electrons. The van der Waals surface area contributed by atoms with E-state index in [2.05, 4.69) is 6.08 Å². The van der Waals surface area contributed by atoms with E-state index < -0.39 is 0 Å². The van der Waals surface area contributed by atoms with Gasteiger partial charge in [-0.3, -0.25) is 0 Å². The van der Waals surface area contributed by atoms with Crippen LogP contribution in [-0.2, 0) is 0 Å². The first-order valence-electron chi connectivity index (χ1n) is 3.35. The molecule has 0 fully saturated rings. The molecule has 0 aliphatic heterocycles. The van der Waals surface area contributed by atoms with Crippen LogP contribution in [0.3, 0.4) is 0 Å². The molecule has 1 nitrogen and oxygen atoms in total. The number of hydrogen-bond donors (Lipinski definition) is 1. The fourth-order valence-corrected chi connectivity index (χ4v) is 0.726. The molecular formula is C9H11N. The van der Waals surface area contributed by atoms with Gasteiger partial charge in [-0.15, -0.1) is 0 Å². The second-order valence-corrected chi connectivity index (χ2v) is 2.12. The average Bonchev–Trinajstić information content (AvgIpc) is 2.02. The second-order valence-electron chi connectivity index (χ2n) is 2.12. The maximum absolute atomic E-state index is 5.57. The van der Waals surface area contributed by atoms with Crippen molar-refractivity contribution in [2.75, 3.05) is 0 Å². The van der Waals surface area contributed by atoms with Crippen molar-refractivity contribution in [3.63, 3.8) is 0 Å².